The van der Waals surface area contributed by atoms with Crippen molar-refractivity contribution < 1.29 is 9.47 Å². The number of rotatable bonds is 4. The Bertz CT molecular complexity index is 562. The third kappa shape index (κ3) is 2.79. The zero-order valence-corrected chi connectivity index (χ0v) is 10.7. The summed E-state index contributed by atoms with van der Waals surface area (Å²) in [7, 11) is 3.04. The summed E-state index contributed by atoms with van der Waals surface area (Å²) in [4.78, 5) is 8.45. The molecule has 1 aromatic carbocycles. The lowest BCUT2D eigenvalue weighted by Gasteiger charge is -2.08. The van der Waals surface area contributed by atoms with Crippen molar-refractivity contribution in [1.82, 2.24) is 9.97 Å². The van der Waals surface area contributed by atoms with Gasteiger partial charge >= 0.3 is 0 Å². The molecule has 1 aromatic heterocycles. The highest BCUT2D eigenvalue weighted by Gasteiger charge is 2.13. The zero-order chi connectivity index (χ0) is 13.7. The van der Waals surface area contributed by atoms with Crippen LogP contribution in [0, 0.1) is 0 Å². The third-order valence-corrected chi connectivity index (χ3v) is 2.49. The molecule has 19 heavy (non-hydrogen) atoms. The third-order valence-electron chi connectivity index (χ3n) is 2.49. The molecule has 2 rings (SSSR count). The van der Waals surface area contributed by atoms with Gasteiger partial charge < -0.3 is 15.3 Å². The molecule has 0 aliphatic rings. The van der Waals surface area contributed by atoms with Gasteiger partial charge in [0.15, 0.2) is 5.82 Å². The Labute approximate surface area is 110 Å². The van der Waals surface area contributed by atoms with Gasteiger partial charge in [-0.1, -0.05) is 30.3 Å². The first-order valence-corrected chi connectivity index (χ1v) is 5.59. The van der Waals surface area contributed by atoms with Gasteiger partial charge in [-0.3, -0.25) is 0 Å². The van der Waals surface area contributed by atoms with E-state index in [1.54, 1.807) is 6.07 Å². The average molecular weight is 258 g/mol. The summed E-state index contributed by atoms with van der Waals surface area (Å²) >= 11 is 0. The number of methoxy groups -OCH3 is 2. The number of ether oxygens (including phenoxy) is 2. The minimum absolute atomic E-state index is 0.352. The molecule has 0 unspecified atom stereocenters. The van der Waals surface area contributed by atoms with Crippen molar-refractivity contribution in [2.24, 2.45) is 10.9 Å². The first-order valence-electron chi connectivity index (χ1n) is 5.59. The highest BCUT2D eigenvalue weighted by Crippen LogP contribution is 2.17. The van der Waals surface area contributed by atoms with E-state index >= 15 is 0 Å². The number of hydrazone groups is 1. The van der Waals surface area contributed by atoms with E-state index in [0.717, 1.165) is 5.56 Å². The molecule has 0 saturated heterocycles. The highest BCUT2D eigenvalue weighted by molar-refractivity contribution is 6.10. The fourth-order valence-electron chi connectivity index (χ4n) is 1.58. The Morgan fingerprint density at radius 2 is 1.63 bits per heavy atom. The molecule has 2 aromatic rings. The van der Waals surface area contributed by atoms with Crippen LogP contribution in [0.25, 0.3) is 0 Å². The standard InChI is InChI=1S/C13H14N4O2/c1-18-10-8-11(19-2)16-13(15-10)12(17-14)9-6-4-3-5-7-9/h3-8H,14H2,1-2H3/b17-12+. The molecular formula is C13H14N4O2. The predicted molar refractivity (Wildman–Crippen MR) is 71.4 cm³/mol. The van der Waals surface area contributed by atoms with E-state index in [0.29, 0.717) is 23.3 Å². The van der Waals surface area contributed by atoms with E-state index < -0.39 is 0 Å². The lowest BCUT2D eigenvalue weighted by Crippen LogP contribution is -2.12. The molecule has 0 saturated carbocycles. The summed E-state index contributed by atoms with van der Waals surface area (Å²) in [6.07, 6.45) is 0. The topological polar surface area (TPSA) is 82.6 Å². The number of nitrogens with two attached hydrogens (primary N) is 1. The Kier molecular flexibility index (Phi) is 3.92. The maximum atomic E-state index is 5.45. The molecule has 98 valence electrons. The quantitative estimate of drug-likeness (QED) is 0.506. The van der Waals surface area contributed by atoms with Gasteiger partial charge in [0.1, 0.15) is 5.71 Å². The van der Waals surface area contributed by atoms with Crippen molar-refractivity contribution in [1.29, 1.82) is 0 Å². The molecule has 0 bridgehead atoms. The first kappa shape index (κ1) is 12.8. The SMILES string of the molecule is COc1cc(OC)nc(/C(=N/N)c2ccccc2)n1. The zero-order valence-electron chi connectivity index (χ0n) is 10.7. The molecule has 6 nitrogen and oxygen atoms in total. The molecular weight excluding hydrogens is 244 g/mol. The average Bonchev–Trinajstić information content (AvgIpc) is 2.48. The van der Waals surface area contributed by atoms with E-state index in [4.69, 9.17) is 15.3 Å². The minimum atomic E-state index is 0.352. The van der Waals surface area contributed by atoms with Gasteiger partial charge in [0, 0.05) is 5.56 Å². The number of aromatic nitrogens is 2. The van der Waals surface area contributed by atoms with E-state index in [2.05, 4.69) is 15.1 Å². The monoisotopic (exact) mass is 258 g/mol. The predicted octanol–water partition coefficient (Wildman–Crippen LogP) is 1.20. The molecule has 0 aliphatic carbocycles. The lowest BCUT2D eigenvalue weighted by molar-refractivity contribution is 0.371. The second kappa shape index (κ2) is 5.81. The van der Waals surface area contributed by atoms with Crippen LogP contribution in [0.1, 0.15) is 11.4 Å². The molecule has 1 heterocycles. The van der Waals surface area contributed by atoms with Crippen molar-refractivity contribution in [3.05, 3.63) is 47.8 Å². The fraction of sp³-hybridized carbons (Fsp3) is 0.154. The summed E-state index contributed by atoms with van der Waals surface area (Å²) in [5.74, 6) is 6.57. The summed E-state index contributed by atoms with van der Waals surface area (Å²) in [6.45, 7) is 0. The van der Waals surface area contributed by atoms with Crippen molar-refractivity contribution in [2.75, 3.05) is 14.2 Å². The molecule has 0 amide bonds. The van der Waals surface area contributed by atoms with Crippen LogP contribution in [-0.2, 0) is 0 Å². The van der Waals surface area contributed by atoms with Crippen LogP contribution < -0.4 is 15.3 Å². The lowest BCUT2D eigenvalue weighted by atomic mass is 10.1. The van der Waals surface area contributed by atoms with Crippen molar-refractivity contribution in [3.63, 3.8) is 0 Å². The molecule has 0 fully saturated rings. The van der Waals surface area contributed by atoms with Gasteiger partial charge in [-0.2, -0.15) is 15.1 Å². The van der Waals surface area contributed by atoms with Crippen LogP contribution in [0.15, 0.2) is 41.5 Å². The number of benzene rings is 1. The van der Waals surface area contributed by atoms with Crippen LogP contribution in [0.5, 0.6) is 11.8 Å². The van der Waals surface area contributed by atoms with Gasteiger partial charge in [0.25, 0.3) is 0 Å². The molecule has 0 radical (unpaired) electrons. The molecule has 0 spiro atoms. The van der Waals surface area contributed by atoms with Crippen LogP contribution in [0.2, 0.25) is 0 Å². The second-order valence-electron chi connectivity index (χ2n) is 3.62. The van der Waals surface area contributed by atoms with Gasteiger partial charge in [-0.15, -0.1) is 0 Å². The fourth-order valence-corrected chi connectivity index (χ4v) is 1.58. The molecule has 0 aliphatic heterocycles. The Morgan fingerprint density at radius 1 is 1.05 bits per heavy atom. The second-order valence-corrected chi connectivity index (χ2v) is 3.62. The van der Waals surface area contributed by atoms with E-state index in [-0.39, 0.29) is 0 Å². The summed E-state index contributed by atoms with van der Waals surface area (Å²) in [6, 6.07) is 11.0. The Hall–Kier alpha value is -2.63. The minimum Gasteiger partial charge on any atom is -0.481 e. The van der Waals surface area contributed by atoms with E-state index in [1.165, 1.54) is 14.2 Å². The maximum Gasteiger partial charge on any atom is 0.220 e. The Balaban J connectivity index is 2.50. The van der Waals surface area contributed by atoms with Crippen LogP contribution in [0.3, 0.4) is 0 Å². The molecule has 6 heteroatoms. The summed E-state index contributed by atoms with van der Waals surface area (Å²) in [5.41, 5.74) is 1.29. The van der Waals surface area contributed by atoms with E-state index in [1.807, 2.05) is 30.3 Å². The van der Waals surface area contributed by atoms with E-state index in [9.17, 15) is 0 Å². The normalized spacial score (nSPS) is 11.2. The first-order chi connectivity index (χ1) is 9.28. The van der Waals surface area contributed by atoms with Crippen molar-refractivity contribution >= 4 is 5.71 Å². The van der Waals surface area contributed by atoms with Gasteiger partial charge in [-0.25, -0.2) is 0 Å². The summed E-state index contributed by atoms with van der Waals surface area (Å²) < 4.78 is 10.2. The van der Waals surface area contributed by atoms with Crippen molar-refractivity contribution in [2.45, 2.75) is 0 Å². The van der Waals surface area contributed by atoms with Crippen LogP contribution in [0.4, 0.5) is 0 Å². The number of hydrogen-bond acceptors (Lipinski definition) is 6. The smallest absolute Gasteiger partial charge is 0.220 e. The Morgan fingerprint density at radius 3 is 2.11 bits per heavy atom. The van der Waals surface area contributed by atoms with Crippen LogP contribution >= 0.6 is 0 Å². The van der Waals surface area contributed by atoms with Crippen LogP contribution in [-0.4, -0.2) is 29.9 Å². The van der Waals surface area contributed by atoms with Crippen molar-refractivity contribution in [3.8, 4) is 11.8 Å². The van der Waals surface area contributed by atoms with Gasteiger partial charge in [0.05, 0.1) is 20.3 Å². The van der Waals surface area contributed by atoms with Gasteiger partial charge in [-0.05, 0) is 0 Å². The number of nitrogens with zero attached hydrogens (tertiary/aromatic N) is 3. The number of hydrogen-bond donors (Lipinski definition) is 1. The maximum absolute atomic E-state index is 5.45. The summed E-state index contributed by atoms with van der Waals surface area (Å²) in [5, 5.41) is 3.76. The molecule has 2 N–H and O–H groups in total. The molecule has 0 atom stereocenters. The highest BCUT2D eigenvalue weighted by atomic mass is 16.5. The largest absolute Gasteiger partial charge is 0.481 e. The van der Waals surface area contributed by atoms with Gasteiger partial charge in [0.2, 0.25) is 11.8 Å².